The van der Waals surface area contributed by atoms with Crippen molar-refractivity contribution in [3.05, 3.63) is 64.2 Å². The zero-order valence-corrected chi connectivity index (χ0v) is 12.2. The molecule has 1 unspecified atom stereocenters. The largest absolute Gasteiger partial charge is 0.493 e. The third-order valence-electron chi connectivity index (χ3n) is 3.51. The number of benzene rings is 2. The number of rotatable bonds is 2. The smallest absolute Gasteiger partial charge is 0.256 e. The Morgan fingerprint density at radius 1 is 1.27 bits per heavy atom. The van der Waals surface area contributed by atoms with Gasteiger partial charge in [0.2, 0.25) is 0 Å². The second-order valence-electron chi connectivity index (χ2n) is 4.94. The third kappa shape index (κ3) is 2.76. The minimum atomic E-state index is -0.698. The van der Waals surface area contributed by atoms with Gasteiger partial charge in [0.25, 0.3) is 5.91 Å². The van der Waals surface area contributed by atoms with Crippen molar-refractivity contribution in [3.8, 4) is 5.75 Å². The van der Waals surface area contributed by atoms with Crippen molar-refractivity contribution in [1.82, 2.24) is 5.32 Å². The highest BCUT2D eigenvalue weighted by Gasteiger charge is 2.26. The number of amides is 1. The number of nitrogens with one attached hydrogen (secondary N) is 1. The first-order chi connectivity index (χ1) is 10.6. The summed E-state index contributed by atoms with van der Waals surface area (Å²) in [6, 6.07) is 7.68. The fourth-order valence-electron chi connectivity index (χ4n) is 2.46. The highest BCUT2D eigenvalue weighted by molar-refractivity contribution is 6.33. The first kappa shape index (κ1) is 14.8. The van der Waals surface area contributed by atoms with Gasteiger partial charge in [0.1, 0.15) is 17.4 Å². The lowest BCUT2D eigenvalue weighted by molar-refractivity contribution is 0.0920. The SMILES string of the molecule is O=C(NC1CCOc2ccc(F)cc21)c1c(F)cccc1Cl. The van der Waals surface area contributed by atoms with Gasteiger partial charge in [0, 0.05) is 12.0 Å². The molecule has 0 radical (unpaired) electrons. The number of carbonyl (C=O) groups is 1. The molecule has 1 aliphatic heterocycles. The van der Waals surface area contributed by atoms with Crippen molar-refractivity contribution in [3.63, 3.8) is 0 Å². The van der Waals surface area contributed by atoms with Crippen molar-refractivity contribution in [2.75, 3.05) is 6.61 Å². The molecule has 1 N–H and O–H groups in total. The summed E-state index contributed by atoms with van der Waals surface area (Å²) in [5.74, 6) is -1.24. The Morgan fingerprint density at radius 3 is 2.86 bits per heavy atom. The summed E-state index contributed by atoms with van der Waals surface area (Å²) in [6.07, 6.45) is 0.467. The number of ether oxygens (including phenoxy) is 1. The highest BCUT2D eigenvalue weighted by atomic mass is 35.5. The van der Waals surface area contributed by atoms with E-state index in [9.17, 15) is 13.6 Å². The van der Waals surface area contributed by atoms with Gasteiger partial charge in [-0.1, -0.05) is 17.7 Å². The van der Waals surface area contributed by atoms with Gasteiger partial charge in [-0.3, -0.25) is 4.79 Å². The minimum absolute atomic E-state index is 0.0315. The molecular weight excluding hydrogens is 312 g/mol. The van der Waals surface area contributed by atoms with Crippen molar-refractivity contribution in [2.45, 2.75) is 12.5 Å². The fraction of sp³-hybridized carbons (Fsp3) is 0.188. The molecule has 3 rings (SSSR count). The van der Waals surface area contributed by atoms with Gasteiger partial charge in [0.15, 0.2) is 0 Å². The van der Waals surface area contributed by atoms with E-state index in [1.807, 2.05) is 0 Å². The lowest BCUT2D eigenvalue weighted by Crippen LogP contribution is -2.33. The molecule has 2 aromatic carbocycles. The van der Waals surface area contributed by atoms with Crippen LogP contribution >= 0.6 is 11.6 Å². The van der Waals surface area contributed by atoms with Crippen LogP contribution in [0.3, 0.4) is 0 Å². The van der Waals surface area contributed by atoms with Gasteiger partial charge in [-0.05, 0) is 30.3 Å². The molecule has 3 nitrogen and oxygen atoms in total. The van der Waals surface area contributed by atoms with E-state index in [1.54, 1.807) is 0 Å². The zero-order valence-electron chi connectivity index (χ0n) is 11.4. The number of carbonyl (C=O) groups excluding carboxylic acids is 1. The van der Waals surface area contributed by atoms with Crippen molar-refractivity contribution in [1.29, 1.82) is 0 Å². The van der Waals surface area contributed by atoms with Gasteiger partial charge < -0.3 is 10.1 Å². The normalized spacial score (nSPS) is 16.6. The van der Waals surface area contributed by atoms with Crippen LogP contribution in [0.4, 0.5) is 8.78 Å². The maximum Gasteiger partial charge on any atom is 0.256 e. The second kappa shape index (κ2) is 5.93. The molecule has 2 aromatic rings. The molecule has 0 aromatic heterocycles. The van der Waals surface area contributed by atoms with E-state index >= 15 is 0 Å². The number of halogens is 3. The van der Waals surface area contributed by atoms with Crippen LogP contribution in [0.1, 0.15) is 28.4 Å². The Balaban J connectivity index is 1.89. The van der Waals surface area contributed by atoms with E-state index < -0.39 is 23.6 Å². The highest BCUT2D eigenvalue weighted by Crippen LogP contribution is 2.33. The van der Waals surface area contributed by atoms with Gasteiger partial charge in [-0.15, -0.1) is 0 Å². The van der Waals surface area contributed by atoms with Gasteiger partial charge in [-0.25, -0.2) is 8.78 Å². The molecule has 0 aliphatic carbocycles. The minimum Gasteiger partial charge on any atom is -0.493 e. The first-order valence-electron chi connectivity index (χ1n) is 6.73. The topological polar surface area (TPSA) is 38.3 Å². The maximum atomic E-state index is 13.8. The molecular formula is C16H12ClF2NO2. The quantitative estimate of drug-likeness (QED) is 0.911. The Bertz CT molecular complexity index is 716. The molecule has 1 aliphatic rings. The molecule has 0 saturated heterocycles. The molecule has 1 amide bonds. The van der Waals surface area contributed by atoms with Gasteiger partial charge in [0.05, 0.1) is 23.2 Å². The predicted octanol–water partition coefficient (Wildman–Crippen LogP) is 3.87. The van der Waals surface area contributed by atoms with E-state index in [0.717, 1.165) is 0 Å². The van der Waals surface area contributed by atoms with Crippen LogP contribution in [0.25, 0.3) is 0 Å². The summed E-state index contributed by atoms with van der Waals surface area (Å²) in [5.41, 5.74) is 0.320. The summed E-state index contributed by atoms with van der Waals surface area (Å²) in [6.45, 7) is 0.384. The number of fused-ring (bicyclic) bond motifs is 1. The maximum absolute atomic E-state index is 13.8. The van der Waals surface area contributed by atoms with Crippen molar-refractivity contribution < 1.29 is 18.3 Å². The predicted molar refractivity (Wildman–Crippen MR) is 78.1 cm³/mol. The third-order valence-corrected chi connectivity index (χ3v) is 3.82. The van der Waals surface area contributed by atoms with E-state index in [-0.39, 0.29) is 10.6 Å². The first-order valence-corrected chi connectivity index (χ1v) is 7.11. The molecule has 1 heterocycles. The molecule has 0 bridgehead atoms. The molecule has 1 atom stereocenters. The van der Waals surface area contributed by atoms with Crippen LogP contribution in [-0.2, 0) is 0 Å². The van der Waals surface area contributed by atoms with Crippen LogP contribution in [0.5, 0.6) is 5.75 Å². The Kier molecular flexibility index (Phi) is 3.98. The van der Waals surface area contributed by atoms with Crippen molar-refractivity contribution in [2.24, 2.45) is 0 Å². The second-order valence-corrected chi connectivity index (χ2v) is 5.35. The summed E-state index contributed by atoms with van der Waals surface area (Å²) in [5, 5.41) is 2.72. The van der Waals surface area contributed by atoms with E-state index in [1.165, 1.54) is 36.4 Å². The summed E-state index contributed by atoms with van der Waals surface area (Å²) < 4.78 is 32.6. The number of hydrogen-bond acceptors (Lipinski definition) is 2. The van der Waals surface area contributed by atoms with Crippen LogP contribution < -0.4 is 10.1 Å². The molecule has 0 fully saturated rings. The van der Waals surface area contributed by atoms with Gasteiger partial charge in [-0.2, -0.15) is 0 Å². The monoisotopic (exact) mass is 323 g/mol. The molecule has 22 heavy (non-hydrogen) atoms. The lowest BCUT2D eigenvalue weighted by atomic mass is 10.00. The van der Waals surface area contributed by atoms with E-state index in [2.05, 4.69) is 5.32 Å². The standard InChI is InChI=1S/C16H12ClF2NO2/c17-11-2-1-3-12(19)15(11)16(21)20-13-6-7-22-14-5-4-9(18)8-10(13)14/h1-5,8,13H,6-7H2,(H,20,21). The Morgan fingerprint density at radius 2 is 2.09 bits per heavy atom. The summed E-state index contributed by atoms with van der Waals surface area (Å²) >= 11 is 5.88. The Hall–Kier alpha value is -2.14. The fourth-order valence-corrected chi connectivity index (χ4v) is 2.71. The van der Waals surface area contributed by atoms with Crippen molar-refractivity contribution >= 4 is 17.5 Å². The van der Waals surface area contributed by atoms with Crippen LogP contribution in [-0.4, -0.2) is 12.5 Å². The summed E-state index contributed by atoms with van der Waals surface area (Å²) in [7, 11) is 0. The molecule has 6 heteroatoms. The summed E-state index contributed by atoms with van der Waals surface area (Å²) in [4.78, 5) is 12.3. The van der Waals surface area contributed by atoms with Crippen LogP contribution in [0.15, 0.2) is 36.4 Å². The molecule has 0 spiro atoms. The van der Waals surface area contributed by atoms with Crippen LogP contribution in [0, 0.1) is 11.6 Å². The number of hydrogen-bond donors (Lipinski definition) is 1. The lowest BCUT2D eigenvalue weighted by Gasteiger charge is -2.27. The average molecular weight is 324 g/mol. The zero-order chi connectivity index (χ0) is 15.7. The molecule has 0 saturated carbocycles. The Labute approximate surface area is 130 Å². The van der Waals surface area contributed by atoms with Gasteiger partial charge >= 0.3 is 0 Å². The van der Waals surface area contributed by atoms with E-state index in [0.29, 0.717) is 24.3 Å². The van der Waals surface area contributed by atoms with E-state index in [4.69, 9.17) is 16.3 Å². The average Bonchev–Trinajstić information content (AvgIpc) is 2.47. The molecule has 114 valence electrons. The van der Waals surface area contributed by atoms with Crippen LogP contribution in [0.2, 0.25) is 5.02 Å².